The van der Waals surface area contributed by atoms with Gasteiger partial charge in [-0.2, -0.15) is 0 Å². The first kappa shape index (κ1) is 26.7. The molecule has 1 aliphatic heterocycles. The molecule has 3 amide bonds. The van der Waals surface area contributed by atoms with Crippen LogP contribution in [-0.4, -0.2) is 41.5 Å². The number of amides is 3. The number of nitrogens with zero attached hydrogens (tertiary/aromatic N) is 1. The summed E-state index contributed by atoms with van der Waals surface area (Å²) in [6.45, 7) is 9.86. The van der Waals surface area contributed by atoms with Crippen molar-refractivity contribution in [2.75, 3.05) is 18.4 Å². The fraction of sp³-hybridized carbons (Fsp3) is 0.345. The van der Waals surface area contributed by atoms with Crippen molar-refractivity contribution in [3.8, 4) is 0 Å². The Morgan fingerprint density at radius 2 is 1.70 bits per heavy atom. The number of anilines is 1. The van der Waals surface area contributed by atoms with Crippen LogP contribution in [0.1, 0.15) is 55.2 Å². The summed E-state index contributed by atoms with van der Waals surface area (Å²) < 4.78 is 6.35. The van der Waals surface area contributed by atoms with E-state index < -0.39 is 11.7 Å². The van der Waals surface area contributed by atoms with Gasteiger partial charge in [-0.1, -0.05) is 52.3 Å². The van der Waals surface area contributed by atoms with E-state index in [1.165, 1.54) is 4.90 Å². The molecule has 0 unspecified atom stereocenters. The summed E-state index contributed by atoms with van der Waals surface area (Å²) >= 11 is 3.60. The Balaban J connectivity index is 1.41. The van der Waals surface area contributed by atoms with E-state index in [9.17, 15) is 14.4 Å². The van der Waals surface area contributed by atoms with Crippen molar-refractivity contribution in [2.45, 2.75) is 46.3 Å². The molecule has 0 bridgehead atoms. The van der Waals surface area contributed by atoms with Gasteiger partial charge in [-0.3, -0.25) is 9.59 Å². The van der Waals surface area contributed by atoms with Crippen molar-refractivity contribution in [1.29, 1.82) is 0 Å². The normalized spacial score (nSPS) is 14.6. The lowest BCUT2D eigenvalue weighted by atomic mass is 9.98. The van der Waals surface area contributed by atoms with Crippen LogP contribution in [0.3, 0.4) is 0 Å². The molecular formula is C29H32BrN3O4. The molecule has 3 aromatic rings. The van der Waals surface area contributed by atoms with E-state index >= 15 is 0 Å². The standard InChI is InChI=1S/C29H32BrN3O4/c1-17-10-11-20(32-26(34)19-15-33(16-19)28(36)37-29(3,4)5)14-24(17)27(35)31-18(2)21-12-13-25(30)23-9-7-6-8-22(21)23/h6-14,18-19H,15-16H2,1-5H3,(H,31,35)(H,32,34)/t18-/m1/s1. The van der Waals surface area contributed by atoms with Crippen LogP contribution in [-0.2, 0) is 9.53 Å². The number of carbonyl (C=O) groups excluding carboxylic acids is 3. The molecule has 0 radical (unpaired) electrons. The first-order valence-electron chi connectivity index (χ1n) is 12.3. The number of fused-ring (bicyclic) bond motifs is 1. The Morgan fingerprint density at radius 3 is 2.38 bits per heavy atom. The van der Waals surface area contributed by atoms with Crippen LogP contribution in [0, 0.1) is 12.8 Å². The van der Waals surface area contributed by atoms with Gasteiger partial charge in [0.05, 0.1) is 12.0 Å². The first-order valence-corrected chi connectivity index (χ1v) is 13.1. The zero-order valence-corrected chi connectivity index (χ0v) is 23.3. The number of nitrogens with one attached hydrogen (secondary N) is 2. The van der Waals surface area contributed by atoms with Gasteiger partial charge < -0.3 is 20.3 Å². The van der Waals surface area contributed by atoms with E-state index in [4.69, 9.17) is 4.74 Å². The van der Waals surface area contributed by atoms with Crippen LogP contribution in [0.4, 0.5) is 10.5 Å². The summed E-state index contributed by atoms with van der Waals surface area (Å²) in [6, 6.07) is 17.1. The Bertz CT molecular complexity index is 1360. The molecule has 1 saturated heterocycles. The number of hydrogen-bond acceptors (Lipinski definition) is 4. The molecule has 0 aliphatic carbocycles. The summed E-state index contributed by atoms with van der Waals surface area (Å²) in [5, 5.41) is 8.15. The van der Waals surface area contributed by atoms with Crippen molar-refractivity contribution in [3.05, 3.63) is 75.8 Å². The van der Waals surface area contributed by atoms with Crippen molar-refractivity contribution in [2.24, 2.45) is 5.92 Å². The second-order valence-corrected chi connectivity index (χ2v) is 11.3. The van der Waals surface area contributed by atoms with E-state index in [1.54, 1.807) is 12.1 Å². The molecule has 7 nitrogen and oxygen atoms in total. The Hall–Kier alpha value is -3.39. The third kappa shape index (κ3) is 6.13. The Kier molecular flexibility index (Phi) is 7.59. The van der Waals surface area contributed by atoms with Crippen molar-refractivity contribution < 1.29 is 19.1 Å². The van der Waals surface area contributed by atoms with Gasteiger partial charge in [0.15, 0.2) is 0 Å². The predicted molar refractivity (Wildman–Crippen MR) is 149 cm³/mol. The number of benzene rings is 3. The molecule has 1 atom stereocenters. The second kappa shape index (κ2) is 10.5. The molecular weight excluding hydrogens is 534 g/mol. The maximum atomic E-state index is 13.2. The molecule has 3 aromatic carbocycles. The van der Waals surface area contributed by atoms with E-state index in [2.05, 4.69) is 26.6 Å². The quantitative estimate of drug-likeness (QED) is 0.385. The maximum Gasteiger partial charge on any atom is 0.410 e. The van der Waals surface area contributed by atoms with Crippen molar-refractivity contribution >= 4 is 50.3 Å². The van der Waals surface area contributed by atoms with Crippen molar-refractivity contribution in [3.63, 3.8) is 0 Å². The van der Waals surface area contributed by atoms with Gasteiger partial charge in [-0.15, -0.1) is 0 Å². The molecule has 0 saturated carbocycles. The lowest BCUT2D eigenvalue weighted by Gasteiger charge is -2.38. The average molecular weight is 566 g/mol. The maximum absolute atomic E-state index is 13.2. The molecule has 0 spiro atoms. The van der Waals surface area contributed by atoms with E-state index in [0.29, 0.717) is 24.3 Å². The fourth-order valence-electron chi connectivity index (χ4n) is 4.32. The summed E-state index contributed by atoms with van der Waals surface area (Å²) in [7, 11) is 0. The monoisotopic (exact) mass is 565 g/mol. The van der Waals surface area contributed by atoms with Gasteiger partial charge in [0.2, 0.25) is 5.91 Å². The third-order valence-electron chi connectivity index (χ3n) is 6.37. The van der Waals surface area contributed by atoms with E-state index in [1.807, 2.05) is 77.1 Å². The number of hydrogen-bond donors (Lipinski definition) is 2. The molecule has 0 aromatic heterocycles. The topological polar surface area (TPSA) is 87.7 Å². The molecule has 194 valence electrons. The highest BCUT2D eigenvalue weighted by atomic mass is 79.9. The lowest BCUT2D eigenvalue weighted by molar-refractivity contribution is -0.124. The first-order chi connectivity index (χ1) is 17.4. The highest BCUT2D eigenvalue weighted by molar-refractivity contribution is 9.10. The number of likely N-dealkylation sites (tertiary alicyclic amines) is 1. The van der Waals surface area contributed by atoms with Gasteiger partial charge in [-0.05, 0) is 74.7 Å². The van der Waals surface area contributed by atoms with Gasteiger partial charge >= 0.3 is 6.09 Å². The van der Waals surface area contributed by atoms with Gasteiger partial charge in [0, 0.05) is 28.8 Å². The Morgan fingerprint density at radius 1 is 1.03 bits per heavy atom. The number of rotatable bonds is 5. The lowest BCUT2D eigenvalue weighted by Crippen LogP contribution is -2.55. The molecule has 2 N–H and O–H groups in total. The van der Waals surface area contributed by atoms with Crippen LogP contribution >= 0.6 is 15.9 Å². The molecule has 1 aliphatic rings. The smallest absolute Gasteiger partial charge is 0.410 e. The van der Waals surface area contributed by atoms with Crippen molar-refractivity contribution in [1.82, 2.24) is 10.2 Å². The number of ether oxygens (including phenoxy) is 1. The highest BCUT2D eigenvalue weighted by Crippen LogP contribution is 2.30. The number of carbonyl (C=O) groups is 3. The summed E-state index contributed by atoms with van der Waals surface area (Å²) in [4.78, 5) is 39.6. The molecule has 1 heterocycles. The number of aryl methyl sites for hydroxylation is 1. The number of halogens is 1. The van der Waals surface area contributed by atoms with Gasteiger partial charge in [-0.25, -0.2) is 4.79 Å². The molecule has 4 rings (SSSR count). The van der Waals surface area contributed by atoms with E-state index in [0.717, 1.165) is 26.4 Å². The highest BCUT2D eigenvalue weighted by Gasteiger charge is 2.38. The minimum absolute atomic E-state index is 0.190. The van der Waals surface area contributed by atoms with E-state index in [-0.39, 0.29) is 23.8 Å². The predicted octanol–water partition coefficient (Wildman–Crippen LogP) is 6.21. The van der Waals surface area contributed by atoms with Crippen LogP contribution in [0.25, 0.3) is 10.8 Å². The SMILES string of the molecule is Cc1ccc(NC(=O)C2CN(C(=O)OC(C)(C)C)C2)cc1C(=O)N[C@H](C)c1ccc(Br)c2ccccc12. The van der Waals surface area contributed by atoms with Crippen LogP contribution < -0.4 is 10.6 Å². The Labute approximate surface area is 225 Å². The minimum atomic E-state index is -0.578. The minimum Gasteiger partial charge on any atom is -0.444 e. The van der Waals surface area contributed by atoms with Gasteiger partial charge in [0.1, 0.15) is 5.60 Å². The molecule has 8 heteroatoms. The van der Waals surface area contributed by atoms with Crippen LogP contribution in [0.5, 0.6) is 0 Å². The summed E-state index contributed by atoms with van der Waals surface area (Å²) in [5.74, 6) is -0.727. The largest absolute Gasteiger partial charge is 0.444 e. The third-order valence-corrected chi connectivity index (χ3v) is 7.06. The van der Waals surface area contributed by atoms with Gasteiger partial charge in [0.25, 0.3) is 5.91 Å². The zero-order valence-electron chi connectivity index (χ0n) is 21.7. The fourth-order valence-corrected chi connectivity index (χ4v) is 4.80. The molecule has 1 fully saturated rings. The van der Waals surface area contributed by atoms with Crippen LogP contribution in [0.15, 0.2) is 59.1 Å². The summed E-state index contributed by atoms with van der Waals surface area (Å²) in [6.07, 6.45) is -0.418. The van der Waals surface area contributed by atoms with Crippen LogP contribution in [0.2, 0.25) is 0 Å². The average Bonchev–Trinajstić information content (AvgIpc) is 2.78. The molecule has 37 heavy (non-hydrogen) atoms. The second-order valence-electron chi connectivity index (χ2n) is 10.5. The summed E-state index contributed by atoms with van der Waals surface area (Å²) in [5.41, 5.74) is 2.29. The zero-order chi connectivity index (χ0) is 26.9.